The summed E-state index contributed by atoms with van der Waals surface area (Å²) >= 11 is 8.57. The highest BCUT2D eigenvalue weighted by Gasteiger charge is 2.25. The maximum atomic E-state index is 5.67. The van der Waals surface area contributed by atoms with Gasteiger partial charge in [-0.15, -0.1) is 11.3 Å². The maximum absolute atomic E-state index is 5.67. The SMILES string of the molecule is CCNC1CCCc2sc(-c3cc(Br)c(Br)o3)nc21. The normalized spacial score (nSPS) is 18.6. The summed E-state index contributed by atoms with van der Waals surface area (Å²) < 4.78 is 7.32. The summed E-state index contributed by atoms with van der Waals surface area (Å²) in [6.45, 7) is 3.12. The van der Waals surface area contributed by atoms with Gasteiger partial charge in [0.15, 0.2) is 15.4 Å². The van der Waals surface area contributed by atoms with Crippen molar-refractivity contribution in [3.05, 3.63) is 25.8 Å². The first kappa shape index (κ1) is 13.8. The third-order valence-electron chi connectivity index (χ3n) is 3.26. The third kappa shape index (κ3) is 2.68. The molecule has 2 heterocycles. The molecule has 0 saturated carbocycles. The predicted molar refractivity (Wildman–Crippen MR) is 84.6 cm³/mol. The number of thiazole rings is 1. The number of halogens is 2. The number of furan rings is 1. The van der Waals surface area contributed by atoms with Crippen molar-refractivity contribution in [1.29, 1.82) is 0 Å². The number of rotatable bonds is 3. The first-order valence-corrected chi connectivity index (χ1v) is 8.77. The molecule has 1 N–H and O–H groups in total. The van der Waals surface area contributed by atoms with Crippen LogP contribution in [0, 0.1) is 0 Å². The van der Waals surface area contributed by atoms with Crippen molar-refractivity contribution in [3.8, 4) is 10.8 Å². The Bertz CT molecular complexity index is 574. The average Bonchev–Trinajstić information content (AvgIpc) is 2.95. The largest absolute Gasteiger partial charge is 0.446 e. The lowest BCUT2D eigenvalue weighted by atomic mass is 9.98. The molecule has 19 heavy (non-hydrogen) atoms. The van der Waals surface area contributed by atoms with Gasteiger partial charge >= 0.3 is 0 Å². The second-order valence-electron chi connectivity index (χ2n) is 4.56. The minimum atomic E-state index is 0.403. The van der Waals surface area contributed by atoms with Gasteiger partial charge < -0.3 is 9.73 Å². The predicted octanol–water partition coefficient (Wildman–Crippen LogP) is 4.92. The van der Waals surface area contributed by atoms with Gasteiger partial charge in [-0.1, -0.05) is 6.92 Å². The monoisotopic (exact) mass is 404 g/mol. The molecule has 0 bridgehead atoms. The van der Waals surface area contributed by atoms with Crippen molar-refractivity contribution >= 4 is 43.2 Å². The molecule has 2 aromatic rings. The van der Waals surface area contributed by atoms with Crippen molar-refractivity contribution in [2.24, 2.45) is 0 Å². The van der Waals surface area contributed by atoms with Crippen molar-refractivity contribution in [3.63, 3.8) is 0 Å². The zero-order chi connectivity index (χ0) is 13.4. The summed E-state index contributed by atoms with van der Waals surface area (Å²) in [5, 5.41) is 4.49. The van der Waals surface area contributed by atoms with E-state index in [1.807, 2.05) is 6.07 Å². The van der Waals surface area contributed by atoms with E-state index < -0.39 is 0 Å². The number of fused-ring (bicyclic) bond motifs is 1. The fourth-order valence-electron chi connectivity index (χ4n) is 2.42. The summed E-state index contributed by atoms with van der Waals surface area (Å²) in [5.41, 5.74) is 1.22. The molecule has 102 valence electrons. The van der Waals surface area contributed by atoms with Crippen LogP contribution in [0.5, 0.6) is 0 Å². The smallest absolute Gasteiger partial charge is 0.184 e. The lowest BCUT2D eigenvalue weighted by Crippen LogP contribution is -2.24. The fraction of sp³-hybridized carbons (Fsp3) is 0.462. The zero-order valence-corrected chi connectivity index (χ0v) is 14.5. The fourth-order valence-corrected chi connectivity index (χ4v) is 4.12. The van der Waals surface area contributed by atoms with Crippen LogP contribution in [0.15, 0.2) is 19.6 Å². The first-order valence-electron chi connectivity index (χ1n) is 6.37. The van der Waals surface area contributed by atoms with Crippen LogP contribution >= 0.6 is 43.2 Å². The summed E-state index contributed by atoms with van der Waals surface area (Å²) in [6.07, 6.45) is 3.55. The van der Waals surface area contributed by atoms with Gasteiger partial charge in [0.2, 0.25) is 0 Å². The van der Waals surface area contributed by atoms with Crippen LogP contribution in [-0.2, 0) is 6.42 Å². The number of hydrogen-bond donors (Lipinski definition) is 1. The third-order valence-corrected chi connectivity index (χ3v) is 6.12. The number of nitrogens with zero attached hydrogens (tertiary/aromatic N) is 1. The Hall–Kier alpha value is -0.170. The van der Waals surface area contributed by atoms with E-state index in [0.717, 1.165) is 32.9 Å². The Morgan fingerprint density at radius 2 is 2.37 bits per heavy atom. The number of hydrogen-bond acceptors (Lipinski definition) is 4. The molecule has 0 fully saturated rings. The lowest BCUT2D eigenvalue weighted by Gasteiger charge is -2.21. The van der Waals surface area contributed by atoms with Crippen LogP contribution < -0.4 is 5.32 Å². The van der Waals surface area contributed by atoms with Gasteiger partial charge in [-0.2, -0.15) is 0 Å². The molecule has 2 aromatic heterocycles. The minimum Gasteiger partial charge on any atom is -0.446 e. The molecule has 1 unspecified atom stereocenters. The van der Waals surface area contributed by atoms with Gasteiger partial charge in [0, 0.05) is 10.9 Å². The molecule has 1 aliphatic rings. The van der Waals surface area contributed by atoms with Crippen molar-refractivity contribution in [2.75, 3.05) is 6.54 Å². The van der Waals surface area contributed by atoms with Crippen molar-refractivity contribution in [1.82, 2.24) is 10.3 Å². The Labute approximate surface area is 133 Å². The molecule has 1 aliphatic carbocycles. The van der Waals surface area contributed by atoms with Crippen LogP contribution in [0.2, 0.25) is 0 Å². The summed E-state index contributed by atoms with van der Waals surface area (Å²) in [4.78, 5) is 6.20. The van der Waals surface area contributed by atoms with E-state index in [0.29, 0.717) is 6.04 Å². The van der Waals surface area contributed by atoms with E-state index in [-0.39, 0.29) is 0 Å². The van der Waals surface area contributed by atoms with Crippen LogP contribution in [0.3, 0.4) is 0 Å². The van der Waals surface area contributed by atoms with Gasteiger partial charge in [0.05, 0.1) is 16.2 Å². The molecule has 1 atom stereocenters. The van der Waals surface area contributed by atoms with Gasteiger partial charge in [0.25, 0.3) is 0 Å². The number of aryl methyl sites for hydroxylation is 1. The van der Waals surface area contributed by atoms with E-state index >= 15 is 0 Å². The van der Waals surface area contributed by atoms with E-state index in [1.54, 1.807) is 11.3 Å². The molecule has 0 amide bonds. The first-order chi connectivity index (χ1) is 9.19. The zero-order valence-electron chi connectivity index (χ0n) is 10.5. The lowest BCUT2D eigenvalue weighted by molar-refractivity contribution is 0.465. The van der Waals surface area contributed by atoms with Crippen LogP contribution in [0.25, 0.3) is 10.8 Å². The van der Waals surface area contributed by atoms with Gasteiger partial charge in [0.1, 0.15) is 0 Å². The second-order valence-corrected chi connectivity index (χ2v) is 7.22. The molecule has 0 aliphatic heterocycles. The topological polar surface area (TPSA) is 38.1 Å². The molecule has 0 saturated heterocycles. The molecule has 0 aromatic carbocycles. The number of nitrogens with one attached hydrogen (secondary N) is 1. The maximum Gasteiger partial charge on any atom is 0.184 e. The molecular weight excluding hydrogens is 392 g/mol. The summed E-state index contributed by atoms with van der Waals surface area (Å²) in [5.74, 6) is 0.827. The summed E-state index contributed by atoms with van der Waals surface area (Å²) in [7, 11) is 0. The van der Waals surface area contributed by atoms with Gasteiger partial charge in [-0.25, -0.2) is 4.98 Å². The van der Waals surface area contributed by atoms with Crippen LogP contribution in [0.1, 0.15) is 36.4 Å². The van der Waals surface area contributed by atoms with Gasteiger partial charge in [-0.3, -0.25) is 0 Å². The average molecular weight is 406 g/mol. The summed E-state index contributed by atoms with van der Waals surface area (Å²) in [6, 6.07) is 2.37. The highest BCUT2D eigenvalue weighted by Crippen LogP contribution is 2.39. The van der Waals surface area contributed by atoms with Crippen LogP contribution in [0.4, 0.5) is 0 Å². The molecule has 0 radical (unpaired) electrons. The second kappa shape index (κ2) is 5.68. The Kier molecular flexibility index (Phi) is 4.12. The van der Waals surface area contributed by atoms with E-state index in [2.05, 4.69) is 44.1 Å². The Morgan fingerprint density at radius 1 is 1.53 bits per heavy atom. The van der Waals surface area contributed by atoms with E-state index in [1.165, 1.54) is 23.4 Å². The minimum absolute atomic E-state index is 0.403. The molecular formula is C13H14Br2N2OS. The van der Waals surface area contributed by atoms with Gasteiger partial charge in [-0.05, 0) is 57.7 Å². The highest BCUT2D eigenvalue weighted by atomic mass is 79.9. The van der Waals surface area contributed by atoms with Crippen molar-refractivity contribution < 1.29 is 4.42 Å². The van der Waals surface area contributed by atoms with Crippen molar-refractivity contribution in [2.45, 2.75) is 32.2 Å². The molecule has 3 nitrogen and oxygen atoms in total. The Morgan fingerprint density at radius 3 is 3.05 bits per heavy atom. The molecule has 6 heteroatoms. The molecule has 3 rings (SSSR count). The highest BCUT2D eigenvalue weighted by molar-refractivity contribution is 9.13. The quantitative estimate of drug-likeness (QED) is 0.787. The van der Waals surface area contributed by atoms with E-state index in [4.69, 9.17) is 9.40 Å². The standard InChI is InChI=1S/C13H14Br2N2OS/c1-2-16-8-4-3-5-10-11(8)17-13(19-10)9-6-7(14)12(15)18-9/h6,8,16H,2-5H2,1H3. The number of aromatic nitrogens is 1. The Balaban J connectivity index is 1.97. The molecule has 0 spiro atoms. The van der Waals surface area contributed by atoms with Crippen LogP contribution in [-0.4, -0.2) is 11.5 Å². The van der Waals surface area contributed by atoms with E-state index in [9.17, 15) is 0 Å².